The minimum absolute atomic E-state index is 0.237. The Kier molecular flexibility index (Phi) is 5.89. The zero-order chi connectivity index (χ0) is 16.8. The predicted molar refractivity (Wildman–Crippen MR) is 97.8 cm³/mol. The quantitative estimate of drug-likeness (QED) is 0.459. The average molecular weight is 368 g/mol. The van der Waals surface area contributed by atoms with Crippen LogP contribution in [0.25, 0.3) is 0 Å². The molecule has 3 rings (SSSR count). The third kappa shape index (κ3) is 4.83. The lowest BCUT2D eigenvalue weighted by Gasteiger charge is -2.16. The molecule has 1 fully saturated rings. The molecule has 2 aliphatic rings. The van der Waals surface area contributed by atoms with Crippen LogP contribution in [-0.4, -0.2) is 36.3 Å². The first-order valence-electron chi connectivity index (χ1n) is 7.78. The van der Waals surface area contributed by atoms with Gasteiger partial charge in [-0.15, -0.1) is 0 Å². The summed E-state index contributed by atoms with van der Waals surface area (Å²) in [5.41, 5.74) is 6.74. The summed E-state index contributed by atoms with van der Waals surface area (Å²) in [5.74, 6) is 1.52. The molecule has 0 aliphatic carbocycles. The molecule has 2 aliphatic heterocycles. The maximum Gasteiger partial charge on any atom is 0.231 e. The van der Waals surface area contributed by atoms with Crippen molar-refractivity contribution in [3.63, 3.8) is 0 Å². The number of fused-ring (bicyclic) bond motifs is 1. The van der Waals surface area contributed by atoms with Crippen molar-refractivity contribution >= 4 is 34.7 Å². The summed E-state index contributed by atoms with van der Waals surface area (Å²) in [4.78, 5) is 0. The van der Waals surface area contributed by atoms with Crippen molar-refractivity contribution < 1.29 is 14.2 Å². The third-order valence-electron chi connectivity index (χ3n) is 3.69. The number of thiocarbonyl (C=S) groups is 2. The Morgan fingerprint density at radius 1 is 1.08 bits per heavy atom. The number of hydrogen-bond donors (Lipinski definition) is 4. The number of nitrogens with one attached hydrogen (secondary N) is 4. The van der Waals surface area contributed by atoms with E-state index in [1.54, 1.807) is 0 Å². The molecular weight excluding hydrogens is 348 g/mol. The van der Waals surface area contributed by atoms with Gasteiger partial charge in [0.2, 0.25) is 6.79 Å². The van der Waals surface area contributed by atoms with Gasteiger partial charge in [-0.05, 0) is 55.0 Å². The monoisotopic (exact) mass is 368 g/mol. The van der Waals surface area contributed by atoms with Gasteiger partial charge in [0, 0.05) is 19.7 Å². The molecule has 0 aromatic heterocycles. The molecular formula is C15H20N4O3S2. The van der Waals surface area contributed by atoms with Gasteiger partial charge in [0.25, 0.3) is 0 Å². The molecule has 130 valence electrons. The first-order valence-corrected chi connectivity index (χ1v) is 8.60. The zero-order valence-corrected chi connectivity index (χ0v) is 14.7. The van der Waals surface area contributed by atoms with Crippen LogP contribution in [0.4, 0.5) is 0 Å². The Hall–Kier alpha value is -1.84. The van der Waals surface area contributed by atoms with Crippen LogP contribution in [0.3, 0.4) is 0 Å². The second-order valence-corrected chi connectivity index (χ2v) is 6.28. The van der Waals surface area contributed by atoms with Crippen molar-refractivity contribution in [2.75, 3.05) is 19.9 Å². The summed E-state index contributed by atoms with van der Waals surface area (Å²) < 4.78 is 16.2. The van der Waals surface area contributed by atoms with Crippen molar-refractivity contribution in [2.24, 2.45) is 0 Å². The highest BCUT2D eigenvalue weighted by Crippen LogP contribution is 2.32. The van der Waals surface area contributed by atoms with Crippen molar-refractivity contribution in [1.29, 1.82) is 0 Å². The lowest BCUT2D eigenvalue weighted by Crippen LogP contribution is -2.51. The number of hydrogen-bond acceptors (Lipinski definition) is 5. The van der Waals surface area contributed by atoms with E-state index >= 15 is 0 Å². The Bertz CT molecular complexity index is 608. The highest BCUT2D eigenvalue weighted by Gasteiger charge is 2.15. The van der Waals surface area contributed by atoms with Crippen LogP contribution < -0.4 is 31.0 Å². The molecule has 0 amide bonds. The van der Waals surface area contributed by atoms with E-state index in [1.807, 2.05) is 18.2 Å². The van der Waals surface area contributed by atoms with Crippen LogP contribution in [0.2, 0.25) is 0 Å². The average Bonchev–Trinajstić information content (AvgIpc) is 3.26. The number of ether oxygens (including phenoxy) is 3. The summed E-state index contributed by atoms with van der Waals surface area (Å²) >= 11 is 10.4. The van der Waals surface area contributed by atoms with E-state index in [4.69, 9.17) is 38.6 Å². The fourth-order valence-corrected chi connectivity index (χ4v) is 2.70. The number of rotatable bonds is 4. The lowest BCUT2D eigenvalue weighted by molar-refractivity contribution is 0.114. The van der Waals surface area contributed by atoms with Gasteiger partial charge in [0.1, 0.15) is 0 Å². The molecule has 1 saturated heterocycles. The van der Waals surface area contributed by atoms with Crippen LogP contribution in [0.1, 0.15) is 18.4 Å². The Morgan fingerprint density at radius 3 is 2.67 bits per heavy atom. The molecule has 24 heavy (non-hydrogen) atoms. The molecule has 9 heteroatoms. The van der Waals surface area contributed by atoms with Gasteiger partial charge in [-0.2, -0.15) is 0 Å². The molecule has 0 unspecified atom stereocenters. The first-order chi connectivity index (χ1) is 11.7. The molecule has 2 heterocycles. The molecule has 0 radical (unpaired) electrons. The minimum Gasteiger partial charge on any atom is -0.454 e. The molecule has 0 saturated carbocycles. The largest absolute Gasteiger partial charge is 0.454 e. The maximum atomic E-state index is 5.52. The van der Waals surface area contributed by atoms with E-state index in [-0.39, 0.29) is 12.9 Å². The van der Waals surface area contributed by atoms with Crippen LogP contribution >= 0.6 is 24.4 Å². The van der Waals surface area contributed by atoms with Crippen LogP contribution in [-0.2, 0) is 11.3 Å². The molecule has 7 nitrogen and oxygen atoms in total. The SMILES string of the molecule is S=C(NCc1ccc2c(c1)OCO2)NNC(=S)NC[C@H]1CCCO1. The van der Waals surface area contributed by atoms with Gasteiger partial charge >= 0.3 is 0 Å². The first kappa shape index (κ1) is 17.0. The van der Waals surface area contributed by atoms with E-state index in [2.05, 4.69) is 21.5 Å². The third-order valence-corrected chi connectivity index (χ3v) is 4.19. The van der Waals surface area contributed by atoms with Gasteiger partial charge in [0.15, 0.2) is 21.7 Å². The Morgan fingerprint density at radius 2 is 1.88 bits per heavy atom. The topological polar surface area (TPSA) is 75.8 Å². The smallest absolute Gasteiger partial charge is 0.231 e. The van der Waals surface area contributed by atoms with E-state index < -0.39 is 0 Å². The molecule has 1 aromatic rings. The van der Waals surface area contributed by atoms with Gasteiger partial charge in [-0.3, -0.25) is 10.9 Å². The Labute approximate surface area is 151 Å². The van der Waals surface area contributed by atoms with Crippen molar-refractivity contribution in [3.8, 4) is 11.5 Å². The number of benzene rings is 1. The molecule has 0 bridgehead atoms. The van der Waals surface area contributed by atoms with Gasteiger partial charge < -0.3 is 24.8 Å². The fraction of sp³-hybridized carbons (Fsp3) is 0.467. The summed E-state index contributed by atoms with van der Waals surface area (Å²) in [6.45, 7) is 2.37. The summed E-state index contributed by atoms with van der Waals surface area (Å²) in [6.07, 6.45) is 2.41. The molecule has 1 atom stereocenters. The normalized spacial score (nSPS) is 18.1. The van der Waals surface area contributed by atoms with Crippen molar-refractivity contribution in [3.05, 3.63) is 23.8 Å². The van der Waals surface area contributed by atoms with Crippen LogP contribution in [0, 0.1) is 0 Å². The van der Waals surface area contributed by atoms with Gasteiger partial charge in [-0.1, -0.05) is 6.07 Å². The predicted octanol–water partition coefficient (Wildman–Crippen LogP) is 0.937. The fourth-order valence-electron chi connectivity index (χ4n) is 2.45. The minimum atomic E-state index is 0.237. The van der Waals surface area contributed by atoms with Crippen LogP contribution in [0.15, 0.2) is 18.2 Å². The highest BCUT2D eigenvalue weighted by atomic mass is 32.1. The lowest BCUT2D eigenvalue weighted by atomic mass is 10.2. The molecule has 0 spiro atoms. The maximum absolute atomic E-state index is 5.52. The molecule has 1 aromatic carbocycles. The Balaban J connectivity index is 1.32. The van der Waals surface area contributed by atoms with E-state index in [0.29, 0.717) is 23.3 Å². The summed E-state index contributed by atoms with van der Waals surface area (Å²) in [5, 5.41) is 7.13. The second-order valence-electron chi connectivity index (χ2n) is 5.47. The standard InChI is InChI=1S/C15H20N4O3S2/c23-14(18-19-15(24)17-8-11-2-1-5-20-11)16-7-10-3-4-12-13(6-10)22-9-21-12/h3-4,6,11H,1-2,5,7-9H2,(H2,16,18,23)(H2,17,19,24)/t11-/m1/s1. The van der Waals surface area contributed by atoms with E-state index in [9.17, 15) is 0 Å². The van der Waals surface area contributed by atoms with Gasteiger partial charge in [-0.25, -0.2) is 0 Å². The molecule has 4 N–H and O–H groups in total. The zero-order valence-electron chi connectivity index (χ0n) is 13.1. The van der Waals surface area contributed by atoms with E-state index in [0.717, 1.165) is 36.5 Å². The van der Waals surface area contributed by atoms with Crippen LogP contribution in [0.5, 0.6) is 11.5 Å². The second kappa shape index (κ2) is 8.32. The summed E-state index contributed by atoms with van der Waals surface area (Å²) in [6, 6.07) is 5.78. The van der Waals surface area contributed by atoms with Gasteiger partial charge in [0.05, 0.1) is 6.10 Å². The van der Waals surface area contributed by atoms with Crippen molar-refractivity contribution in [2.45, 2.75) is 25.5 Å². The summed E-state index contributed by atoms with van der Waals surface area (Å²) in [7, 11) is 0. The highest BCUT2D eigenvalue weighted by molar-refractivity contribution is 7.80. The van der Waals surface area contributed by atoms with Crippen molar-refractivity contribution in [1.82, 2.24) is 21.5 Å². The number of hydrazine groups is 1. The van der Waals surface area contributed by atoms with E-state index in [1.165, 1.54) is 0 Å².